The lowest BCUT2D eigenvalue weighted by atomic mass is 10.0. The van der Waals surface area contributed by atoms with Crippen LogP contribution in [0.3, 0.4) is 0 Å². The van der Waals surface area contributed by atoms with E-state index in [9.17, 15) is 4.79 Å². The first-order valence-corrected chi connectivity index (χ1v) is 8.29. The topological polar surface area (TPSA) is 38.8 Å². The van der Waals surface area contributed by atoms with E-state index in [-0.39, 0.29) is 5.91 Å². The number of likely N-dealkylation sites (N-methyl/N-ethyl adjacent to an activating group) is 1. The molecule has 0 unspecified atom stereocenters. The largest absolute Gasteiger partial charge is 0.496 e. The second-order valence-electron chi connectivity index (χ2n) is 6.09. The van der Waals surface area contributed by atoms with Crippen LogP contribution in [0.25, 0.3) is 0 Å². The zero-order chi connectivity index (χ0) is 16.7. The molecule has 1 aliphatic rings. The first-order valence-electron chi connectivity index (χ1n) is 8.29. The summed E-state index contributed by atoms with van der Waals surface area (Å²) in [5, 5.41) is 0. The highest BCUT2D eigenvalue weighted by Gasteiger charge is 2.20. The zero-order valence-electron chi connectivity index (χ0n) is 14.4. The van der Waals surface area contributed by atoms with Gasteiger partial charge in [-0.1, -0.05) is 23.8 Å². The second kappa shape index (κ2) is 8.73. The fourth-order valence-electron chi connectivity index (χ4n) is 2.92. The minimum atomic E-state index is 0.0896. The van der Waals surface area contributed by atoms with Gasteiger partial charge >= 0.3 is 0 Å². The minimum absolute atomic E-state index is 0.0896. The molecule has 0 aromatic heterocycles. The molecular weight excluding hydrogens is 290 g/mol. The molecule has 23 heavy (non-hydrogen) atoms. The Kier molecular flexibility index (Phi) is 6.66. The van der Waals surface area contributed by atoms with Crippen molar-refractivity contribution in [2.24, 2.45) is 5.92 Å². The van der Waals surface area contributed by atoms with E-state index < -0.39 is 0 Å². The Hall–Kier alpha value is -1.81. The second-order valence-corrected chi connectivity index (χ2v) is 6.09. The number of rotatable bonds is 7. The number of hydrogen-bond acceptors (Lipinski definition) is 3. The third-order valence-electron chi connectivity index (χ3n) is 4.23. The van der Waals surface area contributed by atoms with E-state index in [0.717, 1.165) is 56.0 Å². The van der Waals surface area contributed by atoms with Crippen LogP contribution in [-0.2, 0) is 16.0 Å². The summed E-state index contributed by atoms with van der Waals surface area (Å²) in [5.74, 6) is 1.43. The zero-order valence-corrected chi connectivity index (χ0v) is 14.4. The fraction of sp³-hybridized carbons (Fsp3) is 0.526. The molecule has 1 aromatic carbocycles. The molecule has 1 aromatic rings. The maximum absolute atomic E-state index is 12.5. The SMILES string of the molecule is CCN(C[C@@H]1CCOC1)C(=O)/C=C(/C)Cc1ccccc1OC. The third-order valence-corrected chi connectivity index (χ3v) is 4.23. The van der Waals surface area contributed by atoms with Crippen LogP contribution in [-0.4, -0.2) is 44.2 Å². The van der Waals surface area contributed by atoms with Gasteiger partial charge in [-0.3, -0.25) is 4.79 Å². The van der Waals surface area contributed by atoms with Crippen LogP contribution in [0.4, 0.5) is 0 Å². The number of carbonyl (C=O) groups is 1. The van der Waals surface area contributed by atoms with Crippen molar-refractivity contribution in [2.75, 3.05) is 33.4 Å². The van der Waals surface area contributed by atoms with Crippen LogP contribution in [0.1, 0.15) is 25.8 Å². The van der Waals surface area contributed by atoms with Gasteiger partial charge in [0.1, 0.15) is 5.75 Å². The van der Waals surface area contributed by atoms with Gasteiger partial charge in [0.15, 0.2) is 0 Å². The predicted octanol–water partition coefficient (Wildman–Crippen LogP) is 3.07. The quantitative estimate of drug-likeness (QED) is 0.726. The number of benzene rings is 1. The van der Waals surface area contributed by atoms with Crippen LogP contribution in [0.5, 0.6) is 5.75 Å². The van der Waals surface area contributed by atoms with Gasteiger partial charge in [-0.05, 0) is 38.3 Å². The number of para-hydroxylation sites is 1. The standard InChI is InChI=1S/C19H27NO3/c1-4-20(13-16-9-10-23-14-16)19(21)12-15(2)11-17-7-5-6-8-18(17)22-3/h5-8,12,16H,4,9-11,13-14H2,1-3H3/b15-12-/t16-/m0/s1. The Morgan fingerprint density at radius 1 is 1.43 bits per heavy atom. The highest BCUT2D eigenvalue weighted by molar-refractivity contribution is 5.88. The maximum atomic E-state index is 12.5. The molecule has 1 atom stereocenters. The molecule has 1 fully saturated rings. The summed E-state index contributed by atoms with van der Waals surface area (Å²) in [6.45, 7) is 7.13. The van der Waals surface area contributed by atoms with Gasteiger partial charge in [-0.15, -0.1) is 0 Å². The molecule has 4 nitrogen and oxygen atoms in total. The monoisotopic (exact) mass is 317 g/mol. The Morgan fingerprint density at radius 3 is 2.87 bits per heavy atom. The molecule has 1 saturated heterocycles. The molecule has 0 bridgehead atoms. The Morgan fingerprint density at radius 2 is 2.22 bits per heavy atom. The van der Waals surface area contributed by atoms with Crippen LogP contribution >= 0.6 is 0 Å². The molecule has 2 rings (SSSR count). The average Bonchev–Trinajstić information content (AvgIpc) is 3.06. The molecule has 0 saturated carbocycles. The summed E-state index contributed by atoms with van der Waals surface area (Å²) in [4.78, 5) is 14.4. The van der Waals surface area contributed by atoms with E-state index in [1.54, 1.807) is 13.2 Å². The van der Waals surface area contributed by atoms with E-state index >= 15 is 0 Å². The van der Waals surface area contributed by atoms with E-state index in [1.165, 1.54) is 0 Å². The normalized spacial score (nSPS) is 18.0. The average molecular weight is 317 g/mol. The van der Waals surface area contributed by atoms with E-state index in [4.69, 9.17) is 9.47 Å². The van der Waals surface area contributed by atoms with Crippen LogP contribution in [0.15, 0.2) is 35.9 Å². The molecule has 1 amide bonds. The summed E-state index contributed by atoms with van der Waals surface area (Å²) >= 11 is 0. The molecule has 0 N–H and O–H groups in total. The Balaban J connectivity index is 1.98. The number of amides is 1. The molecule has 0 radical (unpaired) electrons. The first kappa shape index (κ1) is 17.5. The molecular formula is C19H27NO3. The highest BCUT2D eigenvalue weighted by atomic mass is 16.5. The summed E-state index contributed by atoms with van der Waals surface area (Å²) < 4.78 is 10.8. The lowest BCUT2D eigenvalue weighted by Gasteiger charge is -2.22. The number of methoxy groups -OCH3 is 1. The predicted molar refractivity (Wildman–Crippen MR) is 91.6 cm³/mol. The van der Waals surface area contributed by atoms with Gasteiger partial charge in [0.25, 0.3) is 0 Å². The Bertz CT molecular complexity index is 547. The molecule has 126 valence electrons. The summed E-state index contributed by atoms with van der Waals surface area (Å²) in [7, 11) is 1.67. The van der Waals surface area contributed by atoms with Crippen molar-refractivity contribution in [1.82, 2.24) is 4.90 Å². The van der Waals surface area contributed by atoms with Crippen molar-refractivity contribution in [3.63, 3.8) is 0 Å². The lowest BCUT2D eigenvalue weighted by Crippen LogP contribution is -2.34. The van der Waals surface area contributed by atoms with Gasteiger partial charge in [0.05, 0.1) is 13.7 Å². The minimum Gasteiger partial charge on any atom is -0.496 e. The van der Waals surface area contributed by atoms with E-state index in [1.807, 2.05) is 43.0 Å². The van der Waals surface area contributed by atoms with Crippen molar-refractivity contribution in [3.8, 4) is 5.75 Å². The maximum Gasteiger partial charge on any atom is 0.246 e. The number of nitrogens with zero attached hydrogens (tertiary/aromatic N) is 1. The number of allylic oxidation sites excluding steroid dienone is 1. The molecule has 1 heterocycles. The molecule has 0 spiro atoms. The van der Waals surface area contributed by atoms with Gasteiger partial charge in [-0.25, -0.2) is 0 Å². The van der Waals surface area contributed by atoms with Crippen molar-refractivity contribution < 1.29 is 14.3 Å². The first-order chi connectivity index (χ1) is 11.1. The van der Waals surface area contributed by atoms with Gasteiger partial charge < -0.3 is 14.4 Å². The van der Waals surface area contributed by atoms with E-state index in [2.05, 4.69) is 0 Å². The number of carbonyl (C=O) groups excluding carboxylic acids is 1. The van der Waals surface area contributed by atoms with Crippen LogP contribution in [0, 0.1) is 5.92 Å². The van der Waals surface area contributed by atoms with Gasteiger partial charge in [-0.2, -0.15) is 0 Å². The Labute approximate surface area is 139 Å². The fourth-order valence-corrected chi connectivity index (χ4v) is 2.92. The summed E-state index contributed by atoms with van der Waals surface area (Å²) in [5.41, 5.74) is 2.14. The van der Waals surface area contributed by atoms with Crippen molar-refractivity contribution in [3.05, 3.63) is 41.5 Å². The number of ether oxygens (including phenoxy) is 2. The third kappa shape index (κ3) is 5.10. The van der Waals surface area contributed by atoms with Gasteiger partial charge in [0, 0.05) is 31.7 Å². The molecule has 4 heteroatoms. The lowest BCUT2D eigenvalue weighted by molar-refractivity contribution is -0.126. The highest BCUT2D eigenvalue weighted by Crippen LogP contribution is 2.21. The van der Waals surface area contributed by atoms with Crippen LogP contribution in [0.2, 0.25) is 0 Å². The van der Waals surface area contributed by atoms with Crippen molar-refractivity contribution in [1.29, 1.82) is 0 Å². The molecule has 0 aliphatic carbocycles. The van der Waals surface area contributed by atoms with Gasteiger partial charge in [0.2, 0.25) is 5.91 Å². The smallest absolute Gasteiger partial charge is 0.246 e. The van der Waals surface area contributed by atoms with Crippen molar-refractivity contribution >= 4 is 5.91 Å². The van der Waals surface area contributed by atoms with Crippen LogP contribution < -0.4 is 4.74 Å². The number of hydrogen-bond donors (Lipinski definition) is 0. The van der Waals surface area contributed by atoms with Crippen molar-refractivity contribution in [2.45, 2.75) is 26.7 Å². The summed E-state index contributed by atoms with van der Waals surface area (Å²) in [6, 6.07) is 7.93. The summed E-state index contributed by atoms with van der Waals surface area (Å²) in [6.07, 6.45) is 3.53. The van der Waals surface area contributed by atoms with E-state index in [0.29, 0.717) is 5.92 Å². The molecule has 1 aliphatic heterocycles.